The first-order valence-corrected chi connectivity index (χ1v) is 13.8. The van der Waals surface area contributed by atoms with E-state index in [1.165, 1.54) is 63.2 Å². The highest BCUT2D eigenvalue weighted by atomic mass is 16.5. The van der Waals surface area contributed by atoms with Gasteiger partial charge in [0.05, 0.1) is 18.6 Å². The van der Waals surface area contributed by atoms with Crippen LogP contribution in [0, 0.1) is 40.4 Å². The lowest BCUT2D eigenvalue weighted by Gasteiger charge is -2.44. The lowest BCUT2D eigenvalue weighted by Crippen LogP contribution is -2.38. The molecule has 3 nitrogen and oxygen atoms in total. The molecule has 0 N–H and O–H groups in total. The Morgan fingerprint density at radius 1 is 1.17 bits per heavy atom. The van der Waals surface area contributed by atoms with Crippen molar-refractivity contribution < 1.29 is 14.3 Å². The van der Waals surface area contributed by atoms with Gasteiger partial charge in [0.2, 0.25) is 0 Å². The minimum absolute atomic E-state index is 0.241. The van der Waals surface area contributed by atoms with Crippen molar-refractivity contribution in [2.75, 3.05) is 14.2 Å². The van der Waals surface area contributed by atoms with E-state index in [-0.39, 0.29) is 12.1 Å². The monoisotopic (exact) mass is 482 g/mol. The number of carbonyl (C=O) groups excluding carboxylic acids is 1. The van der Waals surface area contributed by atoms with Crippen LogP contribution in [0.2, 0.25) is 0 Å². The fourth-order valence-electron chi connectivity index (χ4n) is 7.58. The molecule has 0 aromatic rings. The molecule has 3 aliphatic rings. The van der Waals surface area contributed by atoms with Crippen molar-refractivity contribution in [2.45, 2.75) is 92.6 Å². The molecule has 0 spiro atoms. The first kappa shape index (κ1) is 28.0. The van der Waals surface area contributed by atoms with Crippen LogP contribution in [0.25, 0.3) is 0 Å². The van der Waals surface area contributed by atoms with Crippen molar-refractivity contribution >= 4 is 5.97 Å². The maximum Gasteiger partial charge on any atom is 0.314 e. The zero-order chi connectivity index (χ0) is 26.0. The molecule has 3 rings (SSSR count). The number of hydrogen-bond donors (Lipinski definition) is 0. The highest BCUT2D eigenvalue weighted by Crippen LogP contribution is 2.59. The molecule has 0 heterocycles. The van der Waals surface area contributed by atoms with Crippen LogP contribution in [0.3, 0.4) is 0 Å². The zero-order valence-corrected chi connectivity index (χ0v) is 23.7. The average molecular weight is 483 g/mol. The number of ether oxygens (including phenoxy) is 2. The van der Waals surface area contributed by atoms with E-state index in [0.717, 1.165) is 5.92 Å². The molecule has 3 saturated carbocycles. The highest BCUT2D eigenvalue weighted by molar-refractivity contribution is 5.76. The number of hydrogen-bond acceptors (Lipinski definition) is 3. The summed E-state index contributed by atoms with van der Waals surface area (Å²) in [6.07, 6.45) is 17.8. The highest BCUT2D eigenvalue weighted by Gasteiger charge is 2.50. The van der Waals surface area contributed by atoms with Crippen molar-refractivity contribution in [3.63, 3.8) is 0 Å². The van der Waals surface area contributed by atoms with Gasteiger partial charge in [-0.3, -0.25) is 4.79 Å². The summed E-state index contributed by atoms with van der Waals surface area (Å²) in [5, 5.41) is 0. The van der Waals surface area contributed by atoms with E-state index in [1.807, 2.05) is 13.8 Å². The quantitative estimate of drug-likeness (QED) is 0.272. The molecule has 0 radical (unpaired) electrons. The summed E-state index contributed by atoms with van der Waals surface area (Å²) in [5.74, 6) is 2.86. The van der Waals surface area contributed by atoms with Crippen molar-refractivity contribution in [3.8, 4) is 0 Å². The van der Waals surface area contributed by atoms with Gasteiger partial charge < -0.3 is 9.47 Å². The second kappa shape index (κ2) is 11.2. The minimum Gasteiger partial charge on any atom is -0.469 e. The number of rotatable bonds is 7. The Labute approximate surface area is 215 Å². The van der Waals surface area contributed by atoms with Crippen molar-refractivity contribution in [2.24, 2.45) is 40.4 Å². The summed E-state index contributed by atoms with van der Waals surface area (Å²) in [4.78, 5) is 12.3. The van der Waals surface area contributed by atoms with Crippen molar-refractivity contribution in [1.29, 1.82) is 0 Å². The molecule has 3 aliphatic carbocycles. The van der Waals surface area contributed by atoms with E-state index in [9.17, 15) is 4.79 Å². The van der Waals surface area contributed by atoms with Gasteiger partial charge in [0.25, 0.3) is 0 Å². The van der Waals surface area contributed by atoms with E-state index in [0.29, 0.717) is 29.1 Å². The number of fused-ring (bicyclic) bond motifs is 1. The lowest BCUT2D eigenvalue weighted by atomic mass is 9.61. The molecule has 3 heteroatoms. The first-order chi connectivity index (χ1) is 16.4. The normalized spacial score (nSPS) is 35.9. The van der Waals surface area contributed by atoms with Crippen LogP contribution in [0.5, 0.6) is 0 Å². The second-order valence-corrected chi connectivity index (χ2v) is 12.6. The molecule has 35 heavy (non-hydrogen) atoms. The molecule has 0 aliphatic heterocycles. The van der Waals surface area contributed by atoms with Gasteiger partial charge in [-0.2, -0.15) is 0 Å². The average Bonchev–Trinajstić information content (AvgIpc) is 3.17. The summed E-state index contributed by atoms with van der Waals surface area (Å²) in [5.41, 5.74) is 4.10. The topological polar surface area (TPSA) is 35.5 Å². The molecule has 0 amide bonds. The predicted molar refractivity (Wildman–Crippen MR) is 146 cm³/mol. The fourth-order valence-corrected chi connectivity index (χ4v) is 7.58. The van der Waals surface area contributed by atoms with Gasteiger partial charge in [-0.1, -0.05) is 64.2 Å². The molecule has 3 unspecified atom stereocenters. The Morgan fingerprint density at radius 2 is 1.89 bits per heavy atom. The number of carbonyl (C=O) groups is 1. The third-order valence-corrected chi connectivity index (χ3v) is 9.77. The Morgan fingerprint density at radius 3 is 2.54 bits per heavy atom. The van der Waals surface area contributed by atoms with Crippen molar-refractivity contribution in [1.82, 2.24) is 0 Å². The predicted octanol–water partition coefficient (Wildman–Crippen LogP) is 8.08. The van der Waals surface area contributed by atoms with Gasteiger partial charge in [0.15, 0.2) is 0 Å². The molecule has 3 fully saturated rings. The minimum atomic E-state index is -0.714. The summed E-state index contributed by atoms with van der Waals surface area (Å²) < 4.78 is 10.7. The maximum absolute atomic E-state index is 12.3. The van der Waals surface area contributed by atoms with E-state index < -0.39 is 5.41 Å². The zero-order valence-electron chi connectivity index (χ0n) is 23.7. The van der Waals surface area contributed by atoms with Crippen LogP contribution in [-0.4, -0.2) is 26.3 Å². The Kier molecular flexibility index (Phi) is 8.95. The van der Waals surface area contributed by atoms with E-state index in [2.05, 4.69) is 58.6 Å². The van der Waals surface area contributed by atoms with Gasteiger partial charge in [-0.05, 0) is 105 Å². The first-order valence-electron chi connectivity index (χ1n) is 13.8. The van der Waals surface area contributed by atoms with Gasteiger partial charge in [0, 0.05) is 7.11 Å². The lowest BCUT2D eigenvalue weighted by molar-refractivity contribution is -0.156. The van der Waals surface area contributed by atoms with E-state index in [4.69, 9.17) is 9.47 Å². The molecule has 7 atom stereocenters. The van der Waals surface area contributed by atoms with E-state index in [1.54, 1.807) is 12.7 Å². The summed E-state index contributed by atoms with van der Waals surface area (Å²) >= 11 is 0. The maximum atomic E-state index is 12.3. The molecule has 0 bridgehead atoms. The van der Waals surface area contributed by atoms with Crippen molar-refractivity contribution in [3.05, 3.63) is 47.6 Å². The van der Waals surface area contributed by atoms with Crippen LogP contribution < -0.4 is 0 Å². The largest absolute Gasteiger partial charge is 0.469 e. The van der Waals surface area contributed by atoms with Crippen LogP contribution >= 0.6 is 0 Å². The van der Waals surface area contributed by atoms with Gasteiger partial charge >= 0.3 is 5.97 Å². The standard InChI is InChI=1S/C32H50O3/c1-21-19-23(3)24(4)26(20-21)14-13-25-11-10-18-32(7)27(15-16-28(25)32)22(2)12-17-29(34-8)31(5,6)30(33)35-9/h12-14,17,21-23,27-29H,4,10-11,15-16,18-20H2,1-3,5-9H3/b17-12+,25-13+,26-14-/t21-,22+,23-,27?,28?,29?,32+/m0/s1. The third kappa shape index (κ3) is 5.71. The molecule has 0 aromatic carbocycles. The Balaban J connectivity index is 1.77. The fraction of sp³-hybridized carbons (Fsp3) is 0.719. The Hall–Kier alpha value is -1.61. The number of esters is 1. The van der Waals surface area contributed by atoms with E-state index >= 15 is 0 Å². The number of methoxy groups -OCH3 is 2. The molecular formula is C32H50O3. The van der Waals surface area contributed by atoms with Crippen LogP contribution in [0.4, 0.5) is 0 Å². The van der Waals surface area contributed by atoms with Crippen LogP contribution in [0.15, 0.2) is 47.6 Å². The van der Waals surface area contributed by atoms with Gasteiger partial charge in [-0.25, -0.2) is 0 Å². The molecule has 196 valence electrons. The Bertz CT molecular complexity index is 875. The summed E-state index contributed by atoms with van der Waals surface area (Å²) in [6.45, 7) is 17.8. The van der Waals surface area contributed by atoms with Gasteiger partial charge in [0.1, 0.15) is 0 Å². The summed E-state index contributed by atoms with van der Waals surface area (Å²) in [7, 11) is 3.12. The SMILES string of the molecule is C=C1/C(=C\C=C2/CCC[C@@]3(C)C2CCC3[C@H](C)/C=C/C(OC)C(C)(C)C(=O)OC)C[C@@H](C)C[C@@H]1C. The van der Waals surface area contributed by atoms with Crippen LogP contribution in [0.1, 0.15) is 86.5 Å². The summed E-state index contributed by atoms with van der Waals surface area (Å²) in [6, 6.07) is 0. The molecule has 0 aromatic heterocycles. The molecular weight excluding hydrogens is 432 g/mol. The van der Waals surface area contributed by atoms with Gasteiger partial charge in [-0.15, -0.1) is 0 Å². The molecule has 0 saturated heterocycles. The van der Waals surface area contributed by atoms with Crippen LogP contribution in [-0.2, 0) is 14.3 Å². The smallest absolute Gasteiger partial charge is 0.314 e. The third-order valence-electron chi connectivity index (χ3n) is 9.77. The number of allylic oxidation sites excluding steroid dienone is 6. The second-order valence-electron chi connectivity index (χ2n) is 12.6.